The molecule has 31 heavy (non-hydrogen) atoms. The van der Waals surface area contributed by atoms with Gasteiger partial charge in [-0.1, -0.05) is 54.2 Å². The molecule has 0 unspecified atom stereocenters. The topological polar surface area (TPSA) is 59.8 Å². The number of aromatic nitrogens is 3. The van der Waals surface area contributed by atoms with Crippen LogP contribution in [0.5, 0.6) is 0 Å². The first-order valence-corrected chi connectivity index (χ1v) is 11.8. The number of aryl methyl sites for hydroxylation is 2. The number of carbonyl (C=O) groups excluding carboxylic acids is 1. The van der Waals surface area contributed by atoms with Crippen LogP contribution in [-0.4, -0.2) is 26.4 Å². The van der Waals surface area contributed by atoms with Crippen LogP contribution in [0.15, 0.2) is 59.1 Å². The zero-order valence-electron chi connectivity index (χ0n) is 18.0. The lowest BCUT2D eigenvalue weighted by molar-refractivity contribution is -0.113. The zero-order chi connectivity index (χ0) is 22.0. The first-order chi connectivity index (χ1) is 15.0. The predicted octanol–water partition coefficient (Wildman–Crippen LogP) is 5.87. The minimum absolute atomic E-state index is 0.0559. The summed E-state index contributed by atoms with van der Waals surface area (Å²) in [5, 5.41) is 14.6. The number of benzene rings is 2. The number of anilines is 1. The van der Waals surface area contributed by atoms with E-state index in [1.165, 1.54) is 27.8 Å². The molecule has 5 nitrogen and oxygen atoms in total. The third-order valence-corrected chi connectivity index (χ3v) is 7.26. The second kappa shape index (κ2) is 9.08. The summed E-state index contributed by atoms with van der Waals surface area (Å²) in [4.78, 5) is 13.7. The minimum Gasteiger partial charge on any atom is -0.325 e. The zero-order valence-corrected chi connectivity index (χ0v) is 19.6. The summed E-state index contributed by atoms with van der Waals surface area (Å²) in [6.45, 7) is 6.18. The van der Waals surface area contributed by atoms with Crippen molar-refractivity contribution in [3.63, 3.8) is 0 Å². The number of nitrogens with one attached hydrogen (secondary N) is 1. The fraction of sp³-hybridized carbons (Fsp3) is 0.208. The maximum atomic E-state index is 12.5. The SMILES string of the molecule is Cc1cccc(NC(=O)CSc2nnc(-c3csc(C)c3-c3ccccc3)n2C)c1C. The standard InChI is InChI=1S/C24H24N4OS2/c1-15-9-8-12-20(16(15)2)25-21(29)14-31-24-27-26-23(28(24)4)19-13-30-17(3)22(19)18-10-6-5-7-11-18/h5-13H,14H2,1-4H3,(H,25,29). The summed E-state index contributed by atoms with van der Waals surface area (Å²) in [5.41, 5.74) is 6.51. The fourth-order valence-electron chi connectivity index (χ4n) is 3.46. The molecule has 0 atom stereocenters. The van der Waals surface area contributed by atoms with E-state index in [1.54, 1.807) is 11.3 Å². The van der Waals surface area contributed by atoms with Crippen LogP contribution in [0, 0.1) is 20.8 Å². The average molecular weight is 449 g/mol. The van der Waals surface area contributed by atoms with E-state index in [0.717, 1.165) is 28.2 Å². The predicted molar refractivity (Wildman–Crippen MR) is 130 cm³/mol. The number of carbonyl (C=O) groups is 1. The van der Waals surface area contributed by atoms with E-state index in [1.807, 2.05) is 61.9 Å². The molecular formula is C24H24N4OS2. The quantitative estimate of drug-likeness (QED) is 0.375. The largest absolute Gasteiger partial charge is 0.325 e. The van der Waals surface area contributed by atoms with Gasteiger partial charge in [0.15, 0.2) is 11.0 Å². The Morgan fingerprint density at radius 2 is 1.84 bits per heavy atom. The third kappa shape index (κ3) is 4.43. The highest BCUT2D eigenvalue weighted by Gasteiger charge is 2.19. The van der Waals surface area contributed by atoms with Crippen LogP contribution in [-0.2, 0) is 11.8 Å². The van der Waals surface area contributed by atoms with E-state index >= 15 is 0 Å². The normalized spacial score (nSPS) is 11.0. The van der Waals surface area contributed by atoms with E-state index in [4.69, 9.17) is 0 Å². The maximum absolute atomic E-state index is 12.5. The second-order valence-electron chi connectivity index (χ2n) is 7.40. The number of hydrogen-bond donors (Lipinski definition) is 1. The molecule has 1 N–H and O–H groups in total. The molecule has 0 aliphatic heterocycles. The van der Waals surface area contributed by atoms with Crippen molar-refractivity contribution < 1.29 is 4.79 Å². The number of hydrogen-bond acceptors (Lipinski definition) is 5. The van der Waals surface area contributed by atoms with E-state index in [0.29, 0.717) is 5.16 Å². The molecule has 0 saturated heterocycles. The van der Waals surface area contributed by atoms with Crippen molar-refractivity contribution in [3.8, 4) is 22.5 Å². The summed E-state index contributed by atoms with van der Waals surface area (Å²) in [6, 6.07) is 16.3. The molecule has 4 rings (SSSR count). The molecule has 2 heterocycles. The van der Waals surface area contributed by atoms with Crippen molar-refractivity contribution >= 4 is 34.7 Å². The molecule has 158 valence electrons. The van der Waals surface area contributed by atoms with E-state index < -0.39 is 0 Å². The summed E-state index contributed by atoms with van der Waals surface area (Å²) < 4.78 is 1.96. The van der Waals surface area contributed by atoms with Gasteiger partial charge in [0.1, 0.15) is 0 Å². The molecule has 4 aromatic rings. The van der Waals surface area contributed by atoms with Gasteiger partial charge in [0, 0.05) is 34.1 Å². The second-order valence-corrected chi connectivity index (χ2v) is 9.42. The molecule has 1 amide bonds. The van der Waals surface area contributed by atoms with Crippen LogP contribution < -0.4 is 5.32 Å². The van der Waals surface area contributed by atoms with Gasteiger partial charge in [-0.25, -0.2) is 0 Å². The first-order valence-electron chi connectivity index (χ1n) is 9.98. The molecule has 7 heteroatoms. The molecule has 0 bridgehead atoms. The number of amides is 1. The van der Waals surface area contributed by atoms with E-state index in [9.17, 15) is 4.79 Å². The highest BCUT2D eigenvalue weighted by Crippen LogP contribution is 2.38. The van der Waals surface area contributed by atoms with Gasteiger partial charge in [0.2, 0.25) is 5.91 Å². The van der Waals surface area contributed by atoms with Crippen molar-refractivity contribution in [1.29, 1.82) is 0 Å². The lowest BCUT2D eigenvalue weighted by Crippen LogP contribution is -2.15. The molecule has 0 fully saturated rings. The highest BCUT2D eigenvalue weighted by molar-refractivity contribution is 7.99. The lowest BCUT2D eigenvalue weighted by Gasteiger charge is -2.10. The van der Waals surface area contributed by atoms with Crippen molar-refractivity contribution in [3.05, 3.63) is 69.9 Å². The summed E-state index contributed by atoms with van der Waals surface area (Å²) in [6.07, 6.45) is 0. The lowest BCUT2D eigenvalue weighted by atomic mass is 10.0. The molecule has 0 aliphatic carbocycles. The Morgan fingerprint density at radius 1 is 1.06 bits per heavy atom. The van der Waals surface area contributed by atoms with Crippen LogP contribution in [0.4, 0.5) is 5.69 Å². The van der Waals surface area contributed by atoms with Gasteiger partial charge in [-0.2, -0.15) is 0 Å². The van der Waals surface area contributed by atoms with Crippen molar-refractivity contribution in [1.82, 2.24) is 14.8 Å². The Balaban J connectivity index is 1.51. The van der Waals surface area contributed by atoms with Crippen LogP contribution in [0.25, 0.3) is 22.5 Å². The van der Waals surface area contributed by atoms with Gasteiger partial charge in [-0.05, 0) is 43.5 Å². The Labute approximate surface area is 190 Å². The number of thiophene rings is 1. The Bertz CT molecular complexity index is 1230. The maximum Gasteiger partial charge on any atom is 0.234 e. The summed E-state index contributed by atoms with van der Waals surface area (Å²) >= 11 is 3.10. The molecule has 0 aliphatic rings. The minimum atomic E-state index is -0.0559. The van der Waals surface area contributed by atoms with Gasteiger partial charge in [0.25, 0.3) is 0 Å². The molecule has 0 saturated carbocycles. The van der Waals surface area contributed by atoms with Crippen molar-refractivity contribution in [2.24, 2.45) is 7.05 Å². The van der Waals surface area contributed by atoms with E-state index in [-0.39, 0.29) is 11.7 Å². The van der Waals surface area contributed by atoms with Crippen molar-refractivity contribution in [2.75, 3.05) is 11.1 Å². The first kappa shape index (κ1) is 21.3. The summed E-state index contributed by atoms with van der Waals surface area (Å²) in [7, 11) is 1.95. The number of thioether (sulfide) groups is 1. The van der Waals surface area contributed by atoms with Gasteiger partial charge >= 0.3 is 0 Å². The Hall–Kier alpha value is -2.90. The molecule has 2 aromatic carbocycles. The number of nitrogens with zero attached hydrogens (tertiary/aromatic N) is 3. The smallest absolute Gasteiger partial charge is 0.234 e. The van der Waals surface area contributed by atoms with Crippen LogP contribution >= 0.6 is 23.1 Å². The van der Waals surface area contributed by atoms with Crippen molar-refractivity contribution in [2.45, 2.75) is 25.9 Å². The Kier molecular flexibility index (Phi) is 6.25. The van der Waals surface area contributed by atoms with Gasteiger partial charge in [-0.15, -0.1) is 21.5 Å². The molecular weight excluding hydrogens is 424 g/mol. The Morgan fingerprint density at radius 3 is 2.61 bits per heavy atom. The molecule has 0 spiro atoms. The molecule has 2 aromatic heterocycles. The van der Waals surface area contributed by atoms with Crippen LogP contribution in [0.2, 0.25) is 0 Å². The fourth-order valence-corrected chi connectivity index (χ4v) is 5.04. The van der Waals surface area contributed by atoms with Gasteiger partial charge in [-0.3, -0.25) is 4.79 Å². The molecule has 0 radical (unpaired) electrons. The monoisotopic (exact) mass is 448 g/mol. The van der Waals surface area contributed by atoms with Crippen LogP contribution in [0.1, 0.15) is 16.0 Å². The van der Waals surface area contributed by atoms with Gasteiger partial charge in [0.05, 0.1) is 5.75 Å². The average Bonchev–Trinajstić information content (AvgIpc) is 3.32. The highest BCUT2D eigenvalue weighted by atomic mass is 32.2. The van der Waals surface area contributed by atoms with E-state index in [2.05, 4.69) is 40.0 Å². The van der Waals surface area contributed by atoms with Gasteiger partial charge < -0.3 is 9.88 Å². The third-order valence-electron chi connectivity index (χ3n) is 5.32. The summed E-state index contributed by atoms with van der Waals surface area (Å²) in [5.74, 6) is 1.02. The van der Waals surface area contributed by atoms with Crippen LogP contribution in [0.3, 0.4) is 0 Å². The number of rotatable bonds is 6.